The molecule has 0 heterocycles. The normalized spacial score (nSPS) is 18.0. The quantitative estimate of drug-likeness (QED) is 0.316. The molecule has 0 aromatic heterocycles. The molecule has 1 unspecified atom stereocenters. The zero-order valence-electron chi connectivity index (χ0n) is 15.2. The zero-order chi connectivity index (χ0) is 16.6. The fourth-order valence-corrected chi connectivity index (χ4v) is 3.84. The van der Waals surface area contributed by atoms with Gasteiger partial charge in [0.25, 0.3) is 0 Å². The Morgan fingerprint density at radius 3 is 2.32 bits per heavy atom. The van der Waals surface area contributed by atoms with Crippen LogP contribution >= 0.6 is 0 Å². The van der Waals surface area contributed by atoms with Gasteiger partial charge in [-0.25, -0.2) is 4.79 Å². The van der Waals surface area contributed by atoms with E-state index in [1.165, 1.54) is 44.9 Å². The topological polar surface area (TPSA) is 26.3 Å². The van der Waals surface area contributed by atoms with E-state index in [1.54, 1.807) is 6.92 Å². The monoisotopic (exact) mass is 308 g/mol. The number of rotatable bonds is 8. The summed E-state index contributed by atoms with van der Waals surface area (Å²) in [6.07, 6.45) is 11.8. The average molecular weight is 309 g/mol. The van der Waals surface area contributed by atoms with Crippen LogP contribution in [0.25, 0.3) is 0 Å². The van der Waals surface area contributed by atoms with E-state index in [2.05, 4.69) is 27.4 Å². The first-order chi connectivity index (χ1) is 10.3. The van der Waals surface area contributed by atoms with Crippen LogP contribution in [-0.4, -0.2) is 12.6 Å². The SMILES string of the molecule is C=C(C)C(=O)OCCCCCC(C1CCCCC1)C(C)(C)C. The third-order valence-corrected chi connectivity index (χ3v) is 5.07. The summed E-state index contributed by atoms with van der Waals surface area (Å²) in [4.78, 5) is 11.3. The average Bonchev–Trinajstić information content (AvgIpc) is 2.45. The molecule has 2 nitrogen and oxygen atoms in total. The predicted octanol–water partition coefficient (Wildman–Crippen LogP) is 5.91. The Morgan fingerprint density at radius 2 is 1.77 bits per heavy atom. The van der Waals surface area contributed by atoms with Crippen molar-refractivity contribution in [3.05, 3.63) is 12.2 Å². The number of hydrogen-bond acceptors (Lipinski definition) is 2. The first-order valence-corrected chi connectivity index (χ1v) is 9.15. The van der Waals surface area contributed by atoms with Crippen LogP contribution < -0.4 is 0 Å². The van der Waals surface area contributed by atoms with Gasteiger partial charge in [0.2, 0.25) is 0 Å². The van der Waals surface area contributed by atoms with Crippen LogP contribution in [0, 0.1) is 17.3 Å². The summed E-state index contributed by atoms with van der Waals surface area (Å²) in [5, 5.41) is 0. The second-order valence-electron chi connectivity index (χ2n) is 8.14. The first kappa shape index (κ1) is 19.3. The Morgan fingerprint density at radius 1 is 1.14 bits per heavy atom. The summed E-state index contributed by atoms with van der Waals surface area (Å²) in [6, 6.07) is 0. The van der Waals surface area contributed by atoms with Gasteiger partial charge in [-0.2, -0.15) is 0 Å². The molecule has 1 aliphatic rings. The van der Waals surface area contributed by atoms with Crippen molar-refractivity contribution in [3.8, 4) is 0 Å². The van der Waals surface area contributed by atoms with Gasteiger partial charge in [-0.05, 0) is 37.0 Å². The number of ether oxygens (including phenoxy) is 1. The van der Waals surface area contributed by atoms with E-state index < -0.39 is 0 Å². The third-order valence-electron chi connectivity index (χ3n) is 5.07. The molecule has 0 amide bonds. The van der Waals surface area contributed by atoms with Gasteiger partial charge in [0, 0.05) is 5.57 Å². The van der Waals surface area contributed by atoms with Crippen molar-refractivity contribution in [1.29, 1.82) is 0 Å². The van der Waals surface area contributed by atoms with Crippen LogP contribution in [-0.2, 0) is 9.53 Å². The van der Waals surface area contributed by atoms with E-state index in [0.717, 1.165) is 24.7 Å². The van der Waals surface area contributed by atoms with Gasteiger partial charge in [-0.1, -0.05) is 72.3 Å². The smallest absolute Gasteiger partial charge is 0.333 e. The highest BCUT2D eigenvalue weighted by atomic mass is 16.5. The minimum Gasteiger partial charge on any atom is -0.462 e. The molecule has 1 saturated carbocycles. The molecular formula is C20H36O2. The molecule has 1 atom stereocenters. The van der Waals surface area contributed by atoms with E-state index in [-0.39, 0.29) is 5.97 Å². The van der Waals surface area contributed by atoms with Crippen LogP contribution in [0.3, 0.4) is 0 Å². The standard InChI is InChI=1S/C20H36O2/c1-16(2)19(21)22-15-11-7-10-14-18(20(3,4)5)17-12-8-6-9-13-17/h17-18H,1,6-15H2,2-5H3. The lowest BCUT2D eigenvalue weighted by atomic mass is 9.66. The largest absolute Gasteiger partial charge is 0.462 e. The first-order valence-electron chi connectivity index (χ1n) is 9.15. The fraction of sp³-hybridized carbons (Fsp3) is 0.850. The molecule has 0 N–H and O–H groups in total. The summed E-state index contributed by atoms with van der Waals surface area (Å²) in [5.74, 6) is 1.51. The molecule has 1 rings (SSSR count). The van der Waals surface area contributed by atoms with Crippen molar-refractivity contribution >= 4 is 5.97 Å². The van der Waals surface area contributed by atoms with E-state index in [0.29, 0.717) is 17.6 Å². The molecule has 0 aromatic carbocycles. The van der Waals surface area contributed by atoms with Crippen LogP contribution in [0.2, 0.25) is 0 Å². The van der Waals surface area contributed by atoms with Crippen LogP contribution in [0.5, 0.6) is 0 Å². The number of hydrogen-bond donors (Lipinski definition) is 0. The molecule has 22 heavy (non-hydrogen) atoms. The number of unbranched alkanes of at least 4 members (excludes halogenated alkanes) is 2. The number of esters is 1. The fourth-order valence-electron chi connectivity index (χ4n) is 3.84. The van der Waals surface area contributed by atoms with E-state index >= 15 is 0 Å². The Hall–Kier alpha value is -0.790. The zero-order valence-corrected chi connectivity index (χ0v) is 15.2. The molecule has 0 bridgehead atoms. The summed E-state index contributed by atoms with van der Waals surface area (Å²) < 4.78 is 5.16. The van der Waals surface area contributed by atoms with E-state index in [9.17, 15) is 4.79 Å². The van der Waals surface area contributed by atoms with Crippen LogP contribution in [0.4, 0.5) is 0 Å². The Bertz CT molecular complexity index is 345. The molecular weight excluding hydrogens is 272 g/mol. The van der Waals surface area contributed by atoms with E-state index in [4.69, 9.17) is 4.74 Å². The predicted molar refractivity (Wildman–Crippen MR) is 93.8 cm³/mol. The van der Waals surface area contributed by atoms with Crippen molar-refractivity contribution in [2.75, 3.05) is 6.61 Å². The van der Waals surface area contributed by atoms with Crippen molar-refractivity contribution < 1.29 is 9.53 Å². The number of carbonyl (C=O) groups is 1. The lowest BCUT2D eigenvalue weighted by Gasteiger charge is -2.39. The molecule has 0 saturated heterocycles. The minimum absolute atomic E-state index is 0.255. The van der Waals surface area contributed by atoms with Gasteiger partial charge in [-0.3, -0.25) is 0 Å². The Kier molecular flexibility index (Phi) is 8.20. The van der Waals surface area contributed by atoms with E-state index in [1.807, 2.05) is 0 Å². The van der Waals surface area contributed by atoms with Crippen molar-refractivity contribution in [1.82, 2.24) is 0 Å². The molecule has 128 valence electrons. The number of carbonyl (C=O) groups excluding carboxylic acids is 1. The second kappa shape index (κ2) is 9.37. The minimum atomic E-state index is -0.255. The van der Waals surface area contributed by atoms with Crippen molar-refractivity contribution in [2.45, 2.75) is 85.5 Å². The molecule has 0 spiro atoms. The van der Waals surface area contributed by atoms with Gasteiger partial charge in [0.05, 0.1) is 6.61 Å². The molecule has 0 aromatic rings. The highest BCUT2D eigenvalue weighted by molar-refractivity contribution is 5.86. The Balaban J connectivity index is 2.26. The van der Waals surface area contributed by atoms with Crippen molar-refractivity contribution in [3.63, 3.8) is 0 Å². The van der Waals surface area contributed by atoms with Gasteiger partial charge in [0.1, 0.15) is 0 Å². The second-order valence-corrected chi connectivity index (χ2v) is 8.14. The Labute approximate surface area is 137 Å². The van der Waals surface area contributed by atoms with Gasteiger partial charge in [-0.15, -0.1) is 0 Å². The van der Waals surface area contributed by atoms with Crippen LogP contribution in [0.15, 0.2) is 12.2 Å². The van der Waals surface area contributed by atoms with Gasteiger partial charge >= 0.3 is 5.97 Å². The molecule has 0 radical (unpaired) electrons. The maximum atomic E-state index is 11.3. The summed E-state index contributed by atoms with van der Waals surface area (Å²) >= 11 is 0. The van der Waals surface area contributed by atoms with Gasteiger partial charge in [0.15, 0.2) is 0 Å². The lowest BCUT2D eigenvalue weighted by molar-refractivity contribution is -0.139. The molecule has 1 fully saturated rings. The maximum absolute atomic E-state index is 11.3. The third kappa shape index (κ3) is 6.98. The molecule has 1 aliphatic carbocycles. The highest BCUT2D eigenvalue weighted by Gasteiger charge is 2.32. The summed E-state index contributed by atoms with van der Waals surface area (Å²) in [5.41, 5.74) is 0.902. The van der Waals surface area contributed by atoms with Gasteiger partial charge < -0.3 is 4.74 Å². The summed E-state index contributed by atoms with van der Waals surface area (Å²) in [6.45, 7) is 13.0. The highest BCUT2D eigenvalue weighted by Crippen LogP contribution is 2.42. The lowest BCUT2D eigenvalue weighted by Crippen LogP contribution is -2.29. The van der Waals surface area contributed by atoms with Crippen molar-refractivity contribution in [2.24, 2.45) is 17.3 Å². The molecule has 2 heteroatoms. The van der Waals surface area contributed by atoms with Crippen LogP contribution in [0.1, 0.15) is 85.5 Å². The molecule has 0 aliphatic heterocycles. The maximum Gasteiger partial charge on any atom is 0.333 e. The summed E-state index contributed by atoms with van der Waals surface area (Å²) in [7, 11) is 0.